The summed E-state index contributed by atoms with van der Waals surface area (Å²) in [6.07, 6.45) is 0.783. The zero-order valence-electron chi connectivity index (χ0n) is 18.2. The molecule has 0 radical (unpaired) electrons. The highest BCUT2D eigenvalue weighted by atomic mass is 79.9. The van der Waals surface area contributed by atoms with Crippen LogP contribution >= 0.6 is 27.3 Å². The molecule has 1 aromatic carbocycles. The fourth-order valence-corrected chi connectivity index (χ4v) is 6.06. The Hall–Kier alpha value is -3.16. The summed E-state index contributed by atoms with van der Waals surface area (Å²) in [6, 6.07) is 10.4. The number of rotatable bonds is 4. The summed E-state index contributed by atoms with van der Waals surface area (Å²) in [4.78, 5) is 27.2. The van der Waals surface area contributed by atoms with Crippen molar-refractivity contribution in [1.29, 1.82) is 5.26 Å². The summed E-state index contributed by atoms with van der Waals surface area (Å²) >= 11 is 4.88. The third-order valence-corrected chi connectivity index (χ3v) is 7.57. The summed E-state index contributed by atoms with van der Waals surface area (Å²) in [7, 11) is 1.42. The number of benzene rings is 1. The van der Waals surface area contributed by atoms with Crippen molar-refractivity contribution in [3.05, 3.63) is 71.8 Å². The first-order chi connectivity index (χ1) is 15.6. The zero-order chi connectivity index (χ0) is 24.1. The molecule has 1 atom stereocenters. The van der Waals surface area contributed by atoms with Gasteiger partial charge in [-0.1, -0.05) is 13.8 Å². The third-order valence-electron chi connectivity index (χ3n) is 5.88. The molecule has 0 bridgehead atoms. The number of ether oxygens (including phenoxy) is 1. The minimum atomic E-state index is -0.613. The number of allylic oxidation sites excluding steroid dienone is 3. The number of Topliss-reactive ketones (excluding diaryl/α,β-unsaturated/α-hetero) is 1. The minimum Gasteiger partial charge on any atom is -0.496 e. The van der Waals surface area contributed by atoms with E-state index in [1.54, 1.807) is 6.07 Å². The van der Waals surface area contributed by atoms with Crippen LogP contribution in [0.1, 0.15) is 37.5 Å². The van der Waals surface area contributed by atoms with Crippen LogP contribution in [0, 0.1) is 26.9 Å². The molecule has 0 spiro atoms. The Labute approximate surface area is 203 Å². The first-order valence-electron chi connectivity index (χ1n) is 10.1. The van der Waals surface area contributed by atoms with Gasteiger partial charge in [0, 0.05) is 22.6 Å². The predicted molar refractivity (Wildman–Crippen MR) is 129 cm³/mol. The number of nitro benzene ring substituents is 1. The predicted octanol–water partition coefficient (Wildman–Crippen LogP) is 5.37. The van der Waals surface area contributed by atoms with Gasteiger partial charge in [0.2, 0.25) is 0 Å². The summed E-state index contributed by atoms with van der Waals surface area (Å²) in [5.41, 5.74) is 7.41. The van der Waals surface area contributed by atoms with Gasteiger partial charge in [0.05, 0.1) is 39.4 Å². The van der Waals surface area contributed by atoms with Crippen LogP contribution in [0.5, 0.6) is 5.75 Å². The number of hydrogen-bond acceptors (Lipinski definition) is 8. The van der Waals surface area contributed by atoms with Gasteiger partial charge in [-0.2, -0.15) is 5.26 Å². The largest absolute Gasteiger partial charge is 0.496 e. The number of thiophene rings is 1. The first-order valence-corrected chi connectivity index (χ1v) is 11.7. The molecule has 10 heteroatoms. The highest BCUT2D eigenvalue weighted by Gasteiger charge is 2.46. The van der Waals surface area contributed by atoms with Gasteiger partial charge in [-0.05, 0) is 52.0 Å². The molecule has 2 aliphatic rings. The smallest absolute Gasteiger partial charge is 0.296 e. The topological polar surface area (TPSA) is 122 Å². The lowest BCUT2D eigenvalue weighted by molar-refractivity contribution is -0.384. The van der Waals surface area contributed by atoms with Crippen molar-refractivity contribution < 1.29 is 14.5 Å². The molecule has 0 saturated heterocycles. The van der Waals surface area contributed by atoms with Crippen LogP contribution in [-0.4, -0.2) is 17.8 Å². The van der Waals surface area contributed by atoms with Crippen molar-refractivity contribution in [2.24, 2.45) is 11.1 Å². The molecule has 1 aliphatic carbocycles. The van der Waals surface area contributed by atoms with Crippen LogP contribution in [0.15, 0.2) is 56.8 Å². The summed E-state index contributed by atoms with van der Waals surface area (Å²) in [6.45, 7) is 3.96. The number of nitrogens with zero attached hydrogens (tertiary/aromatic N) is 3. The molecule has 8 nitrogen and oxygen atoms in total. The SMILES string of the molecule is COc1ccc(N2C(N)=C(C#N)C(c3ccc(Br)s3)C3=C2CC(C)(C)CC3=O)c([N+](=O)[O-])c1. The van der Waals surface area contributed by atoms with E-state index in [4.69, 9.17) is 10.5 Å². The molecule has 1 unspecified atom stereocenters. The second-order valence-electron chi connectivity index (χ2n) is 8.73. The number of nitrogens with two attached hydrogens (primary N) is 1. The van der Waals surface area contributed by atoms with Gasteiger partial charge in [-0.3, -0.25) is 19.8 Å². The second-order valence-corrected chi connectivity index (χ2v) is 11.2. The number of ketones is 1. The summed E-state index contributed by atoms with van der Waals surface area (Å²) < 4.78 is 6.03. The van der Waals surface area contributed by atoms with Crippen molar-refractivity contribution >= 4 is 44.4 Å². The standard InChI is InChI=1S/C23H21BrN4O4S/c1-23(2)9-16-21(17(29)10-23)20(18-6-7-19(24)33-18)13(11-25)22(26)27(16)14-5-4-12(32-3)8-15(14)28(30)31/h4-8,20H,9-10,26H2,1-3H3. The zero-order valence-corrected chi connectivity index (χ0v) is 20.6. The van der Waals surface area contributed by atoms with Gasteiger partial charge in [0.15, 0.2) is 5.78 Å². The average molecular weight is 529 g/mol. The Balaban J connectivity index is 2.04. The van der Waals surface area contributed by atoms with Crippen molar-refractivity contribution in [3.8, 4) is 11.8 Å². The molecule has 2 heterocycles. The van der Waals surface area contributed by atoms with Crippen LogP contribution in [0.2, 0.25) is 0 Å². The number of carbonyl (C=O) groups is 1. The quantitative estimate of drug-likeness (QED) is 0.417. The van der Waals surface area contributed by atoms with Gasteiger partial charge < -0.3 is 10.5 Å². The van der Waals surface area contributed by atoms with Gasteiger partial charge >= 0.3 is 0 Å². The van der Waals surface area contributed by atoms with E-state index in [9.17, 15) is 20.2 Å². The maximum atomic E-state index is 13.5. The maximum absolute atomic E-state index is 13.5. The Bertz CT molecular complexity index is 1290. The Morgan fingerprint density at radius 1 is 1.33 bits per heavy atom. The molecule has 2 aromatic rings. The van der Waals surface area contributed by atoms with Crippen LogP contribution in [-0.2, 0) is 4.79 Å². The van der Waals surface area contributed by atoms with Crippen molar-refractivity contribution in [1.82, 2.24) is 0 Å². The average Bonchev–Trinajstić information content (AvgIpc) is 3.17. The lowest BCUT2D eigenvalue weighted by Crippen LogP contribution is -2.42. The number of nitriles is 1. The molecule has 0 amide bonds. The highest BCUT2D eigenvalue weighted by Crippen LogP contribution is 2.52. The lowest BCUT2D eigenvalue weighted by Gasteiger charge is -2.43. The number of halogens is 1. The molecular formula is C23H21BrN4O4S. The van der Waals surface area contributed by atoms with E-state index in [1.807, 2.05) is 26.0 Å². The molecule has 1 aliphatic heterocycles. The highest BCUT2D eigenvalue weighted by molar-refractivity contribution is 9.11. The van der Waals surface area contributed by atoms with Gasteiger partial charge in [-0.25, -0.2) is 0 Å². The summed E-state index contributed by atoms with van der Waals surface area (Å²) in [5, 5.41) is 22.0. The van der Waals surface area contributed by atoms with Crippen LogP contribution < -0.4 is 15.4 Å². The van der Waals surface area contributed by atoms with E-state index in [0.717, 1.165) is 8.66 Å². The molecule has 0 fully saturated rings. The van der Waals surface area contributed by atoms with E-state index < -0.39 is 10.8 Å². The Morgan fingerprint density at radius 2 is 2.06 bits per heavy atom. The van der Waals surface area contributed by atoms with Crippen molar-refractivity contribution in [3.63, 3.8) is 0 Å². The fourth-order valence-electron chi connectivity index (χ4n) is 4.52. The molecular weight excluding hydrogens is 508 g/mol. The molecule has 33 heavy (non-hydrogen) atoms. The number of methoxy groups -OCH3 is 1. The van der Waals surface area contributed by atoms with E-state index in [2.05, 4.69) is 22.0 Å². The summed E-state index contributed by atoms with van der Waals surface area (Å²) in [5.74, 6) is -0.290. The van der Waals surface area contributed by atoms with E-state index >= 15 is 0 Å². The number of hydrogen-bond donors (Lipinski definition) is 1. The van der Waals surface area contributed by atoms with Crippen LogP contribution in [0.4, 0.5) is 11.4 Å². The van der Waals surface area contributed by atoms with E-state index in [1.165, 1.54) is 35.5 Å². The minimum absolute atomic E-state index is 0.0859. The second kappa shape index (κ2) is 8.32. The van der Waals surface area contributed by atoms with Gasteiger partial charge in [0.1, 0.15) is 17.3 Å². The number of nitro groups is 1. The Kier molecular flexibility index (Phi) is 5.80. The van der Waals surface area contributed by atoms with E-state index in [-0.39, 0.29) is 34.0 Å². The fraction of sp³-hybridized carbons (Fsp3) is 0.304. The van der Waals surface area contributed by atoms with Gasteiger partial charge in [0.25, 0.3) is 5.69 Å². The van der Waals surface area contributed by atoms with Crippen LogP contribution in [0.25, 0.3) is 0 Å². The maximum Gasteiger partial charge on any atom is 0.296 e. The van der Waals surface area contributed by atoms with Crippen molar-refractivity contribution in [2.75, 3.05) is 12.0 Å². The monoisotopic (exact) mass is 528 g/mol. The molecule has 1 aromatic heterocycles. The lowest BCUT2D eigenvalue weighted by atomic mass is 9.69. The molecule has 170 valence electrons. The molecule has 4 rings (SSSR count). The van der Waals surface area contributed by atoms with Crippen LogP contribution in [0.3, 0.4) is 0 Å². The number of anilines is 1. The number of carbonyl (C=O) groups excluding carboxylic acids is 1. The van der Waals surface area contributed by atoms with Crippen molar-refractivity contribution in [2.45, 2.75) is 32.6 Å². The third kappa shape index (κ3) is 3.92. The molecule has 0 saturated carbocycles. The molecule has 2 N–H and O–H groups in total. The van der Waals surface area contributed by atoms with E-state index in [0.29, 0.717) is 29.9 Å². The normalized spacial score (nSPS) is 19.9. The first kappa shape index (κ1) is 23.0. The Morgan fingerprint density at radius 3 is 2.64 bits per heavy atom. The van der Waals surface area contributed by atoms with Gasteiger partial charge in [-0.15, -0.1) is 11.3 Å².